The molecule has 0 heterocycles. The van der Waals surface area contributed by atoms with Crippen LogP contribution in [-0.4, -0.2) is 51.5 Å². The smallest absolute Gasteiger partial charge is 0.331 e. The van der Waals surface area contributed by atoms with E-state index in [9.17, 15) is 24.9 Å². The van der Waals surface area contributed by atoms with Gasteiger partial charge in [-0.1, -0.05) is 36.8 Å². The van der Waals surface area contributed by atoms with E-state index in [1.54, 1.807) is 32.9 Å². The minimum atomic E-state index is -1.65. The third kappa shape index (κ3) is 8.77. The zero-order valence-corrected chi connectivity index (χ0v) is 19.2. The highest BCUT2D eigenvalue weighted by Crippen LogP contribution is 2.33. The van der Waals surface area contributed by atoms with Gasteiger partial charge in [0.2, 0.25) is 0 Å². The summed E-state index contributed by atoms with van der Waals surface area (Å²) in [5, 5.41) is 30.7. The number of carbonyl (C=O) groups excluding carboxylic acids is 2. The Morgan fingerprint density at radius 2 is 1.97 bits per heavy atom. The fraction of sp³-hybridized carbons (Fsp3) is 0.520. The number of aliphatic hydroxyl groups is 3. The summed E-state index contributed by atoms with van der Waals surface area (Å²) in [4.78, 5) is 24.7. The van der Waals surface area contributed by atoms with Crippen LogP contribution >= 0.6 is 0 Å². The van der Waals surface area contributed by atoms with Crippen molar-refractivity contribution in [1.82, 2.24) is 0 Å². The lowest BCUT2D eigenvalue weighted by Crippen LogP contribution is -2.39. The SMILES string of the molecule is C=C(C)C(O)CC[C@]1(C)/C=C/[C@@H](OC(=O)C=C(C)C)[C@](C)(O)/C=C/C(=O)/C(CO)=C\C1. The van der Waals surface area contributed by atoms with Gasteiger partial charge in [0.1, 0.15) is 5.60 Å². The van der Waals surface area contributed by atoms with Crippen molar-refractivity contribution in [3.63, 3.8) is 0 Å². The highest BCUT2D eigenvalue weighted by molar-refractivity contribution is 6.04. The predicted octanol–water partition coefficient (Wildman–Crippen LogP) is 3.34. The fourth-order valence-corrected chi connectivity index (χ4v) is 3.08. The van der Waals surface area contributed by atoms with Crippen molar-refractivity contribution < 1.29 is 29.6 Å². The molecular formula is C25H36O6. The first kappa shape index (κ1) is 26.8. The Balaban J connectivity index is 3.38. The van der Waals surface area contributed by atoms with E-state index in [0.717, 1.165) is 5.57 Å². The summed E-state index contributed by atoms with van der Waals surface area (Å²) >= 11 is 0. The van der Waals surface area contributed by atoms with E-state index in [0.29, 0.717) is 24.8 Å². The van der Waals surface area contributed by atoms with Crippen molar-refractivity contribution in [2.45, 2.75) is 71.7 Å². The van der Waals surface area contributed by atoms with E-state index in [-0.39, 0.29) is 5.57 Å². The van der Waals surface area contributed by atoms with Crippen LogP contribution in [0.1, 0.15) is 53.9 Å². The summed E-state index contributed by atoms with van der Waals surface area (Å²) < 4.78 is 5.49. The molecule has 0 aromatic rings. The van der Waals surface area contributed by atoms with E-state index in [2.05, 4.69) is 6.58 Å². The molecule has 0 fully saturated rings. The molecule has 0 saturated carbocycles. The summed E-state index contributed by atoms with van der Waals surface area (Å²) in [6.45, 7) is 12.0. The number of carbonyl (C=O) groups is 2. The van der Waals surface area contributed by atoms with Crippen molar-refractivity contribution in [3.8, 4) is 0 Å². The lowest BCUT2D eigenvalue weighted by Gasteiger charge is -2.30. The van der Waals surface area contributed by atoms with E-state index in [1.807, 2.05) is 13.0 Å². The average Bonchev–Trinajstić information content (AvgIpc) is 2.68. The largest absolute Gasteiger partial charge is 0.452 e. The quantitative estimate of drug-likeness (QED) is 0.324. The van der Waals surface area contributed by atoms with Crippen LogP contribution in [0.2, 0.25) is 0 Å². The molecule has 172 valence electrons. The molecule has 4 atom stereocenters. The van der Waals surface area contributed by atoms with E-state index < -0.39 is 41.6 Å². The molecule has 1 unspecified atom stereocenters. The highest BCUT2D eigenvalue weighted by atomic mass is 16.6. The Labute approximate surface area is 185 Å². The Kier molecular flexibility index (Phi) is 9.81. The van der Waals surface area contributed by atoms with Gasteiger partial charge >= 0.3 is 5.97 Å². The maximum atomic E-state index is 12.5. The molecule has 3 N–H and O–H groups in total. The second kappa shape index (κ2) is 11.4. The van der Waals surface area contributed by atoms with Crippen molar-refractivity contribution in [1.29, 1.82) is 0 Å². The minimum Gasteiger partial charge on any atom is -0.452 e. The second-order valence-electron chi connectivity index (χ2n) is 9.01. The molecule has 0 amide bonds. The number of hydrogen-bond acceptors (Lipinski definition) is 6. The van der Waals surface area contributed by atoms with Gasteiger partial charge in [-0.3, -0.25) is 4.79 Å². The fourth-order valence-electron chi connectivity index (χ4n) is 3.08. The summed E-state index contributed by atoms with van der Waals surface area (Å²) in [5.74, 6) is -1.03. The average molecular weight is 433 g/mol. The van der Waals surface area contributed by atoms with Crippen LogP contribution in [0.5, 0.6) is 0 Å². The van der Waals surface area contributed by atoms with E-state index in [4.69, 9.17) is 4.74 Å². The van der Waals surface area contributed by atoms with Gasteiger partial charge in [-0.25, -0.2) is 4.79 Å². The molecule has 1 rings (SSSR count). The van der Waals surface area contributed by atoms with Gasteiger partial charge in [-0.05, 0) is 70.6 Å². The monoisotopic (exact) mass is 432 g/mol. The molecule has 6 nitrogen and oxygen atoms in total. The summed E-state index contributed by atoms with van der Waals surface area (Å²) in [5.41, 5.74) is -0.552. The second-order valence-corrected chi connectivity index (χ2v) is 9.01. The zero-order valence-electron chi connectivity index (χ0n) is 19.2. The molecule has 31 heavy (non-hydrogen) atoms. The van der Waals surface area contributed by atoms with Gasteiger partial charge < -0.3 is 20.1 Å². The van der Waals surface area contributed by atoms with Gasteiger partial charge in [0, 0.05) is 11.6 Å². The number of aliphatic hydroxyl groups excluding tert-OH is 2. The standard InChI is InChI=1S/C25H36O6/c1-17(2)15-23(29)31-22-10-13-24(5,12-8-20(27)18(3)4)11-7-19(16-26)21(28)9-14-25(22,6)30/h7,9-10,13-15,20,22,26-27,30H,3,8,11-12,16H2,1-2,4-6H3/b13-10+,14-9+,19-7-/t20?,22-,24-,25-/m1/s1. The van der Waals surface area contributed by atoms with Crippen LogP contribution in [0.15, 0.2) is 59.8 Å². The van der Waals surface area contributed by atoms with Crippen molar-refractivity contribution >= 4 is 11.8 Å². The highest BCUT2D eigenvalue weighted by Gasteiger charge is 2.33. The molecule has 1 aliphatic carbocycles. The molecular weight excluding hydrogens is 396 g/mol. The molecule has 0 bridgehead atoms. The topological polar surface area (TPSA) is 104 Å². The van der Waals surface area contributed by atoms with Crippen LogP contribution in [-0.2, 0) is 14.3 Å². The zero-order chi connectivity index (χ0) is 23.8. The Hall–Kier alpha value is -2.28. The lowest BCUT2D eigenvalue weighted by atomic mass is 9.79. The summed E-state index contributed by atoms with van der Waals surface area (Å²) in [7, 11) is 0. The number of esters is 1. The third-order valence-corrected chi connectivity index (χ3v) is 5.33. The van der Waals surface area contributed by atoms with Crippen molar-refractivity contribution in [2.75, 3.05) is 6.61 Å². The first-order valence-corrected chi connectivity index (χ1v) is 10.4. The number of hydrogen-bond donors (Lipinski definition) is 3. The third-order valence-electron chi connectivity index (χ3n) is 5.33. The molecule has 0 aromatic carbocycles. The first-order valence-electron chi connectivity index (χ1n) is 10.4. The number of ether oxygens (including phenoxy) is 1. The van der Waals surface area contributed by atoms with Crippen LogP contribution in [0.25, 0.3) is 0 Å². The van der Waals surface area contributed by atoms with Gasteiger partial charge in [0.15, 0.2) is 11.9 Å². The molecule has 0 saturated heterocycles. The summed E-state index contributed by atoms with van der Waals surface area (Å²) in [6, 6.07) is 0. The van der Waals surface area contributed by atoms with Gasteiger partial charge in [-0.15, -0.1) is 0 Å². The maximum Gasteiger partial charge on any atom is 0.331 e. The van der Waals surface area contributed by atoms with Gasteiger partial charge in [-0.2, -0.15) is 0 Å². The van der Waals surface area contributed by atoms with Crippen LogP contribution < -0.4 is 0 Å². The maximum absolute atomic E-state index is 12.5. The van der Waals surface area contributed by atoms with Gasteiger partial charge in [0.25, 0.3) is 0 Å². The molecule has 0 aliphatic heterocycles. The Bertz CT molecular complexity index is 795. The molecule has 0 aromatic heterocycles. The van der Waals surface area contributed by atoms with E-state index >= 15 is 0 Å². The predicted molar refractivity (Wildman–Crippen MR) is 121 cm³/mol. The first-order chi connectivity index (χ1) is 14.3. The van der Waals surface area contributed by atoms with Crippen molar-refractivity contribution in [2.24, 2.45) is 5.41 Å². The normalized spacial score (nSPS) is 31.4. The van der Waals surface area contributed by atoms with E-state index in [1.165, 1.54) is 25.2 Å². The van der Waals surface area contributed by atoms with Crippen LogP contribution in [0.3, 0.4) is 0 Å². The Morgan fingerprint density at radius 1 is 1.32 bits per heavy atom. The lowest BCUT2D eigenvalue weighted by molar-refractivity contribution is -0.148. The van der Waals surface area contributed by atoms with Crippen LogP contribution in [0, 0.1) is 5.41 Å². The minimum absolute atomic E-state index is 0.215. The van der Waals surface area contributed by atoms with Gasteiger partial charge in [0.05, 0.1) is 12.7 Å². The number of allylic oxidation sites excluding steroid dienone is 4. The van der Waals surface area contributed by atoms with Crippen LogP contribution in [0.4, 0.5) is 0 Å². The number of rotatable bonds is 7. The van der Waals surface area contributed by atoms with Crippen molar-refractivity contribution in [3.05, 3.63) is 59.8 Å². The number of ketones is 1. The molecule has 1 aliphatic rings. The Morgan fingerprint density at radius 3 is 2.52 bits per heavy atom. The summed E-state index contributed by atoms with van der Waals surface area (Å²) in [6.07, 6.45) is 8.63. The molecule has 0 spiro atoms. The molecule has 6 heteroatoms. The molecule has 0 radical (unpaired) electrons.